The van der Waals surface area contributed by atoms with Gasteiger partial charge in [-0.05, 0) is 63.5 Å². The average Bonchev–Trinajstić information content (AvgIpc) is 3.09. The second-order valence-electron chi connectivity index (χ2n) is 6.43. The number of likely N-dealkylation sites (tertiary alicyclic amines) is 1. The zero-order chi connectivity index (χ0) is 15.6. The Labute approximate surface area is 132 Å². The number of rotatable bonds is 4. The van der Waals surface area contributed by atoms with Gasteiger partial charge >= 0.3 is 0 Å². The predicted molar refractivity (Wildman–Crippen MR) is 86.1 cm³/mol. The van der Waals surface area contributed by atoms with Crippen LogP contribution in [0.3, 0.4) is 0 Å². The summed E-state index contributed by atoms with van der Waals surface area (Å²) in [4.78, 5) is 2.48. The average molecular weight is 305 g/mol. The first-order chi connectivity index (χ1) is 10.7. The lowest BCUT2D eigenvalue weighted by Crippen LogP contribution is -2.56. The van der Waals surface area contributed by atoms with Gasteiger partial charge < -0.3 is 10.1 Å². The molecule has 22 heavy (non-hydrogen) atoms. The minimum atomic E-state index is -0.284. The Morgan fingerprint density at radius 3 is 2.59 bits per heavy atom. The van der Waals surface area contributed by atoms with Crippen molar-refractivity contribution in [3.63, 3.8) is 0 Å². The third-order valence-electron chi connectivity index (χ3n) is 5.41. The molecule has 0 bridgehead atoms. The monoisotopic (exact) mass is 305 g/mol. The predicted octanol–water partition coefficient (Wildman–Crippen LogP) is 2.94. The van der Waals surface area contributed by atoms with Crippen LogP contribution in [0.5, 0.6) is 0 Å². The molecule has 2 fully saturated rings. The van der Waals surface area contributed by atoms with E-state index in [1.807, 2.05) is 19.2 Å². The van der Waals surface area contributed by atoms with E-state index in [4.69, 9.17) is 4.74 Å². The molecule has 2 heterocycles. The lowest BCUT2D eigenvalue weighted by Gasteiger charge is -2.49. The highest BCUT2D eigenvalue weighted by Crippen LogP contribution is 2.44. The summed E-state index contributed by atoms with van der Waals surface area (Å²) in [5.74, 6) is 0.0308. The van der Waals surface area contributed by atoms with Crippen molar-refractivity contribution in [3.8, 4) is 0 Å². The van der Waals surface area contributed by atoms with Crippen LogP contribution in [0, 0.1) is 11.9 Å². The van der Waals surface area contributed by atoms with Crippen molar-refractivity contribution in [2.45, 2.75) is 37.7 Å². The molecular weight excluding hydrogens is 279 g/mol. The Balaban J connectivity index is 1.92. The molecule has 1 aromatic carbocycles. The Bertz CT molecular complexity index is 486. The van der Waals surface area contributed by atoms with E-state index in [1.54, 1.807) is 12.1 Å². The van der Waals surface area contributed by atoms with Crippen LogP contribution < -0.4 is 5.32 Å². The third-order valence-corrected chi connectivity index (χ3v) is 5.41. The number of nitrogens with one attached hydrogen (secondary N) is 1. The zero-order valence-corrected chi connectivity index (χ0v) is 13.6. The number of piperidine rings is 1. The van der Waals surface area contributed by atoms with Crippen LogP contribution in [0.4, 0.5) is 4.39 Å². The molecule has 0 aromatic heterocycles. The first-order valence-electron chi connectivity index (χ1n) is 8.28. The topological polar surface area (TPSA) is 24.5 Å². The summed E-state index contributed by atoms with van der Waals surface area (Å²) in [5.41, 5.74) is 0.863. The summed E-state index contributed by atoms with van der Waals surface area (Å²) >= 11 is 0. The van der Waals surface area contributed by atoms with Gasteiger partial charge in [-0.3, -0.25) is 4.90 Å². The molecule has 1 N–H and O–H groups in total. The van der Waals surface area contributed by atoms with Gasteiger partial charge in [-0.2, -0.15) is 0 Å². The highest BCUT2D eigenvalue weighted by Gasteiger charge is 2.49. The molecule has 2 atom stereocenters. The normalized spacial score (nSPS) is 30.1. The Kier molecular flexibility index (Phi) is 4.81. The Hall–Kier alpha value is -0.970. The van der Waals surface area contributed by atoms with Crippen molar-refractivity contribution in [1.82, 2.24) is 10.2 Å². The first kappa shape index (κ1) is 15.9. The van der Waals surface area contributed by atoms with Gasteiger partial charge in [0.25, 0.3) is 0 Å². The third kappa shape index (κ3) is 2.80. The van der Waals surface area contributed by atoms with Gasteiger partial charge in [0.1, 0.15) is 5.82 Å². The molecule has 1 radical (unpaired) electrons. The maximum Gasteiger partial charge on any atom is 0.123 e. The van der Waals surface area contributed by atoms with E-state index in [2.05, 4.69) is 17.1 Å². The van der Waals surface area contributed by atoms with E-state index >= 15 is 0 Å². The van der Waals surface area contributed by atoms with E-state index in [-0.39, 0.29) is 17.3 Å². The van der Waals surface area contributed by atoms with Gasteiger partial charge in [0.05, 0.1) is 11.6 Å². The van der Waals surface area contributed by atoms with Crippen LogP contribution >= 0.6 is 0 Å². The minimum absolute atomic E-state index is 0.184. The second-order valence-corrected chi connectivity index (χ2v) is 6.43. The summed E-state index contributed by atoms with van der Waals surface area (Å²) in [6.45, 7) is 6.29. The highest BCUT2D eigenvalue weighted by molar-refractivity contribution is 5.29. The number of halogens is 1. The van der Waals surface area contributed by atoms with E-state index in [1.165, 1.54) is 18.9 Å². The molecule has 2 unspecified atom stereocenters. The molecule has 0 amide bonds. The van der Waals surface area contributed by atoms with Gasteiger partial charge in [0, 0.05) is 19.6 Å². The fraction of sp³-hybridized carbons (Fsp3) is 0.611. The maximum atomic E-state index is 13.3. The molecule has 0 aliphatic carbocycles. The fourth-order valence-corrected chi connectivity index (χ4v) is 4.09. The number of hydrogen-bond donors (Lipinski definition) is 1. The second kappa shape index (κ2) is 6.65. The lowest BCUT2D eigenvalue weighted by molar-refractivity contribution is -0.0629. The van der Waals surface area contributed by atoms with Gasteiger partial charge in [0.15, 0.2) is 0 Å². The molecule has 4 heteroatoms. The van der Waals surface area contributed by atoms with Crippen molar-refractivity contribution >= 4 is 0 Å². The molecular formula is C18H26FN2O. The van der Waals surface area contributed by atoms with Crippen molar-refractivity contribution < 1.29 is 9.13 Å². The van der Waals surface area contributed by atoms with E-state index in [0.717, 1.165) is 38.2 Å². The van der Waals surface area contributed by atoms with E-state index in [9.17, 15) is 4.39 Å². The molecule has 2 saturated heterocycles. The van der Waals surface area contributed by atoms with E-state index < -0.39 is 0 Å². The molecule has 0 spiro atoms. The number of hydrogen-bond acceptors (Lipinski definition) is 3. The summed E-state index contributed by atoms with van der Waals surface area (Å²) in [5, 5.41) is 3.48. The largest absolute Gasteiger partial charge is 0.375 e. The van der Waals surface area contributed by atoms with Crippen molar-refractivity contribution in [2.75, 3.05) is 33.3 Å². The first-order valence-corrected chi connectivity index (χ1v) is 8.28. The fourth-order valence-electron chi connectivity index (χ4n) is 4.09. The molecule has 3 rings (SSSR count). The molecule has 2 aliphatic rings. The molecule has 2 aliphatic heterocycles. The smallest absolute Gasteiger partial charge is 0.123 e. The van der Waals surface area contributed by atoms with Crippen LogP contribution in [0.1, 0.15) is 37.7 Å². The van der Waals surface area contributed by atoms with Crippen LogP contribution in [0.2, 0.25) is 0 Å². The molecule has 0 saturated carbocycles. The number of nitrogens with zero attached hydrogens (tertiary/aromatic N) is 1. The van der Waals surface area contributed by atoms with Gasteiger partial charge in [0.2, 0.25) is 0 Å². The standard InChI is InChI=1S/C18H26FN2O/c1-14(21-11-3-4-12-21)18(22-2)9-10-20-13-17(18)15-5-7-16(19)8-6-15/h5-8,17,20H,3-4,9-13H2,1-2H3. The van der Waals surface area contributed by atoms with Gasteiger partial charge in [-0.1, -0.05) is 12.1 Å². The number of methoxy groups -OCH3 is 1. The van der Waals surface area contributed by atoms with Crippen LogP contribution in [0.25, 0.3) is 0 Å². The SMILES string of the molecule is COC1([C](C)N2CCCC2)CCNCC1c1ccc(F)cc1. The van der Waals surface area contributed by atoms with Crippen LogP contribution in [-0.2, 0) is 4.74 Å². The van der Waals surface area contributed by atoms with Crippen molar-refractivity contribution in [2.24, 2.45) is 0 Å². The molecule has 3 nitrogen and oxygen atoms in total. The molecule has 121 valence electrons. The number of benzene rings is 1. The van der Waals surface area contributed by atoms with Crippen LogP contribution in [0.15, 0.2) is 24.3 Å². The maximum absolute atomic E-state index is 13.3. The van der Waals surface area contributed by atoms with Gasteiger partial charge in [-0.15, -0.1) is 0 Å². The minimum Gasteiger partial charge on any atom is -0.375 e. The number of ether oxygens (including phenoxy) is 1. The highest BCUT2D eigenvalue weighted by atomic mass is 19.1. The van der Waals surface area contributed by atoms with Crippen molar-refractivity contribution in [3.05, 3.63) is 41.7 Å². The van der Waals surface area contributed by atoms with Crippen LogP contribution in [-0.4, -0.2) is 43.8 Å². The molecule has 1 aromatic rings. The van der Waals surface area contributed by atoms with Crippen molar-refractivity contribution in [1.29, 1.82) is 0 Å². The summed E-state index contributed by atoms with van der Waals surface area (Å²) in [6, 6.07) is 8.24. The summed E-state index contributed by atoms with van der Waals surface area (Å²) in [6.07, 6.45) is 3.47. The summed E-state index contributed by atoms with van der Waals surface area (Å²) in [7, 11) is 1.82. The Morgan fingerprint density at radius 1 is 1.27 bits per heavy atom. The summed E-state index contributed by atoms with van der Waals surface area (Å²) < 4.78 is 19.4. The van der Waals surface area contributed by atoms with Gasteiger partial charge in [-0.25, -0.2) is 4.39 Å². The quantitative estimate of drug-likeness (QED) is 0.925. The lowest BCUT2D eigenvalue weighted by atomic mass is 9.72. The van der Waals surface area contributed by atoms with E-state index in [0.29, 0.717) is 0 Å². The zero-order valence-electron chi connectivity index (χ0n) is 13.6. The Morgan fingerprint density at radius 2 is 1.95 bits per heavy atom.